The summed E-state index contributed by atoms with van der Waals surface area (Å²) in [6.07, 6.45) is 5.83. The highest BCUT2D eigenvalue weighted by Crippen LogP contribution is 2.20. The Balaban J connectivity index is 1.96. The molecule has 4 nitrogen and oxygen atoms in total. The van der Waals surface area contributed by atoms with E-state index in [9.17, 15) is 9.18 Å². The average molecular weight is 280 g/mol. The van der Waals surface area contributed by atoms with E-state index in [2.05, 4.69) is 15.3 Å². The van der Waals surface area contributed by atoms with Crippen molar-refractivity contribution in [1.29, 1.82) is 0 Å². The SMILES string of the molecule is O=C(C=Cc1c(F)cccc1Cl)NCc1ncc[nH]1. The lowest BCUT2D eigenvalue weighted by Gasteiger charge is -2.01. The number of aromatic nitrogens is 2. The topological polar surface area (TPSA) is 57.8 Å². The predicted molar refractivity (Wildman–Crippen MR) is 70.9 cm³/mol. The van der Waals surface area contributed by atoms with Crippen LogP contribution < -0.4 is 5.32 Å². The molecule has 0 atom stereocenters. The molecule has 1 amide bonds. The number of carbonyl (C=O) groups is 1. The fraction of sp³-hybridized carbons (Fsp3) is 0.0769. The maximum absolute atomic E-state index is 13.4. The van der Waals surface area contributed by atoms with Gasteiger partial charge < -0.3 is 10.3 Å². The van der Waals surface area contributed by atoms with Crippen molar-refractivity contribution in [3.8, 4) is 0 Å². The smallest absolute Gasteiger partial charge is 0.244 e. The van der Waals surface area contributed by atoms with E-state index in [0.717, 1.165) is 0 Å². The van der Waals surface area contributed by atoms with Crippen LogP contribution in [0.3, 0.4) is 0 Å². The highest BCUT2D eigenvalue weighted by Gasteiger charge is 2.04. The summed E-state index contributed by atoms with van der Waals surface area (Å²) in [6, 6.07) is 4.35. The minimum Gasteiger partial charge on any atom is -0.347 e. The lowest BCUT2D eigenvalue weighted by atomic mass is 10.2. The number of rotatable bonds is 4. The van der Waals surface area contributed by atoms with E-state index in [1.807, 2.05) is 0 Å². The van der Waals surface area contributed by atoms with Crippen LogP contribution in [0.5, 0.6) is 0 Å². The summed E-state index contributed by atoms with van der Waals surface area (Å²) >= 11 is 5.83. The Morgan fingerprint density at radius 3 is 3.05 bits per heavy atom. The number of amides is 1. The Morgan fingerprint density at radius 1 is 1.53 bits per heavy atom. The quantitative estimate of drug-likeness (QED) is 0.845. The van der Waals surface area contributed by atoms with Crippen LogP contribution in [0.25, 0.3) is 6.08 Å². The molecule has 0 radical (unpaired) electrons. The van der Waals surface area contributed by atoms with Crippen LogP contribution in [0.15, 0.2) is 36.7 Å². The van der Waals surface area contributed by atoms with Gasteiger partial charge in [-0.3, -0.25) is 4.79 Å². The van der Waals surface area contributed by atoms with E-state index >= 15 is 0 Å². The predicted octanol–water partition coefficient (Wildman–Crippen LogP) is 2.53. The van der Waals surface area contributed by atoms with Crippen molar-refractivity contribution in [1.82, 2.24) is 15.3 Å². The Labute approximate surface area is 114 Å². The van der Waals surface area contributed by atoms with Crippen molar-refractivity contribution in [3.63, 3.8) is 0 Å². The van der Waals surface area contributed by atoms with Gasteiger partial charge in [-0.05, 0) is 18.2 Å². The van der Waals surface area contributed by atoms with Crippen molar-refractivity contribution in [2.45, 2.75) is 6.54 Å². The third-order valence-electron chi connectivity index (χ3n) is 2.39. The molecule has 19 heavy (non-hydrogen) atoms. The highest BCUT2D eigenvalue weighted by atomic mass is 35.5. The summed E-state index contributed by atoms with van der Waals surface area (Å²) in [5.41, 5.74) is 0.192. The summed E-state index contributed by atoms with van der Waals surface area (Å²) in [7, 11) is 0. The summed E-state index contributed by atoms with van der Waals surface area (Å²) in [5, 5.41) is 2.87. The van der Waals surface area contributed by atoms with Crippen molar-refractivity contribution >= 4 is 23.6 Å². The Morgan fingerprint density at radius 2 is 2.37 bits per heavy atom. The van der Waals surface area contributed by atoms with Crippen LogP contribution in [-0.4, -0.2) is 15.9 Å². The van der Waals surface area contributed by atoms with Gasteiger partial charge in [-0.2, -0.15) is 0 Å². The first-order chi connectivity index (χ1) is 9.16. The lowest BCUT2D eigenvalue weighted by Crippen LogP contribution is -2.20. The molecule has 0 aliphatic rings. The van der Waals surface area contributed by atoms with Crippen LogP contribution >= 0.6 is 11.6 Å². The van der Waals surface area contributed by atoms with Gasteiger partial charge in [0.25, 0.3) is 0 Å². The minimum absolute atomic E-state index is 0.192. The van der Waals surface area contributed by atoms with Crippen LogP contribution in [0.1, 0.15) is 11.4 Å². The van der Waals surface area contributed by atoms with Gasteiger partial charge in [0.1, 0.15) is 11.6 Å². The molecule has 0 spiro atoms. The molecule has 98 valence electrons. The number of nitrogens with zero attached hydrogens (tertiary/aromatic N) is 1. The van der Waals surface area contributed by atoms with E-state index in [0.29, 0.717) is 5.82 Å². The van der Waals surface area contributed by atoms with Crippen LogP contribution in [0.4, 0.5) is 4.39 Å². The second-order valence-electron chi connectivity index (χ2n) is 3.72. The van der Waals surface area contributed by atoms with Crippen LogP contribution in [0, 0.1) is 5.82 Å². The zero-order valence-corrected chi connectivity index (χ0v) is 10.6. The van der Waals surface area contributed by atoms with Gasteiger partial charge in [0.2, 0.25) is 5.91 Å². The molecule has 1 aromatic heterocycles. The molecule has 2 aromatic rings. The number of imidazole rings is 1. The maximum Gasteiger partial charge on any atom is 0.244 e. The molecule has 0 aliphatic heterocycles. The molecule has 1 aromatic carbocycles. The molecule has 6 heteroatoms. The second kappa shape index (κ2) is 6.15. The third-order valence-corrected chi connectivity index (χ3v) is 2.72. The van der Waals surface area contributed by atoms with Crippen LogP contribution in [-0.2, 0) is 11.3 Å². The van der Waals surface area contributed by atoms with Crippen molar-refractivity contribution in [2.75, 3.05) is 0 Å². The van der Waals surface area contributed by atoms with E-state index in [1.165, 1.54) is 24.3 Å². The number of H-pyrrole nitrogens is 1. The number of benzene rings is 1. The zero-order chi connectivity index (χ0) is 13.7. The number of carbonyl (C=O) groups excluding carboxylic acids is 1. The zero-order valence-electron chi connectivity index (χ0n) is 9.86. The molecule has 1 heterocycles. The molecule has 0 saturated heterocycles. The van der Waals surface area contributed by atoms with E-state index in [1.54, 1.807) is 18.5 Å². The molecule has 0 bridgehead atoms. The molecule has 0 aliphatic carbocycles. The fourth-order valence-corrected chi connectivity index (χ4v) is 1.68. The second-order valence-corrected chi connectivity index (χ2v) is 4.13. The Bertz CT molecular complexity index is 576. The van der Waals surface area contributed by atoms with Gasteiger partial charge in [0.05, 0.1) is 11.6 Å². The van der Waals surface area contributed by atoms with Crippen molar-refractivity contribution in [2.24, 2.45) is 0 Å². The van der Waals surface area contributed by atoms with Crippen LogP contribution in [0.2, 0.25) is 5.02 Å². The number of hydrogen-bond donors (Lipinski definition) is 2. The normalized spacial score (nSPS) is 10.8. The number of halogens is 2. The van der Waals surface area contributed by atoms with Gasteiger partial charge in [0.15, 0.2) is 0 Å². The average Bonchev–Trinajstić information content (AvgIpc) is 2.89. The molecule has 0 saturated carbocycles. The standard InChI is InChI=1S/C13H11ClFN3O/c14-10-2-1-3-11(15)9(10)4-5-13(19)18-8-12-16-6-7-17-12/h1-7H,8H2,(H,16,17)(H,18,19). The van der Waals surface area contributed by atoms with E-state index < -0.39 is 5.82 Å². The van der Waals surface area contributed by atoms with Gasteiger partial charge in [-0.1, -0.05) is 17.7 Å². The molecule has 2 rings (SSSR count). The monoisotopic (exact) mass is 279 g/mol. The molecule has 0 fully saturated rings. The Hall–Kier alpha value is -2.14. The minimum atomic E-state index is -0.470. The summed E-state index contributed by atoms with van der Waals surface area (Å²) in [6.45, 7) is 0.279. The first-order valence-electron chi connectivity index (χ1n) is 5.55. The number of aromatic amines is 1. The lowest BCUT2D eigenvalue weighted by molar-refractivity contribution is -0.116. The summed E-state index contributed by atoms with van der Waals surface area (Å²) in [4.78, 5) is 18.3. The summed E-state index contributed by atoms with van der Waals surface area (Å²) in [5.74, 6) is -0.177. The third kappa shape index (κ3) is 3.66. The van der Waals surface area contributed by atoms with Gasteiger partial charge in [-0.15, -0.1) is 0 Å². The van der Waals surface area contributed by atoms with E-state index in [-0.39, 0.29) is 23.0 Å². The fourth-order valence-electron chi connectivity index (χ4n) is 1.45. The number of hydrogen-bond acceptors (Lipinski definition) is 2. The molecular weight excluding hydrogens is 269 g/mol. The van der Waals surface area contributed by atoms with Gasteiger partial charge in [-0.25, -0.2) is 9.37 Å². The first kappa shape index (κ1) is 13.3. The Kier molecular flexibility index (Phi) is 4.30. The molecular formula is C13H11ClFN3O. The molecule has 2 N–H and O–H groups in total. The highest BCUT2D eigenvalue weighted by molar-refractivity contribution is 6.32. The van der Waals surface area contributed by atoms with Crippen molar-refractivity contribution < 1.29 is 9.18 Å². The van der Waals surface area contributed by atoms with Crippen molar-refractivity contribution in [3.05, 3.63) is 58.9 Å². The molecule has 0 unspecified atom stereocenters. The largest absolute Gasteiger partial charge is 0.347 e. The van der Waals surface area contributed by atoms with Gasteiger partial charge in [0, 0.05) is 24.0 Å². The maximum atomic E-state index is 13.4. The van der Waals surface area contributed by atoms with E-state index in [4.69, 9.17) is 11.6 Å². The first-order valence-corrected chi connectivity index (χ1v) is 5.93. The number of nitrogens with one attached hydrogen (secondary N) is 2. The summed E-state index contributed by atoms with van der Waals surface area (Å²) < 4.78 is 13.4. The van der Waals surface area contributed by atoms with Gasteiger partial charge >= 0.3 is 0 Å².